The highest BCUT2D eigenvalue weighted by Gasteiger charge is 2.29. The Balaban J connectivity index is 0.00000172. The molecular weight excluding hydrogens is 494 g/mol. The Labute approximate surface area is 229 Å². The fourth-order valence-electron chi connectivity index (χ4n) is 5.36. The Morgan fingerprint density at radius 3 is 2.36 bits per heavy atom. The molecule has 2 fully saturated rings. The van der Waals surface area contributed by atoms with E-state index in [1.807, 2.05) is 36.6 Å². The van der Waals surface area contributed by atoms with E-state index in [1.165, 1.54) is 25.7 Å². The van der Waals surface area contributed by atoms with Gasteiger partial charge in [0.2, 0.25) is 11.6 Å². The van der Waals surface area contributed by atoms with Crippen molar-refractivity contribution in [1.29, 1.82) is 5.41 Å². The van der Waals surface area contributed by atoms with Crippen LogP contribution in [0.3, 0.4) is 0 Å². The Morgan fingerprint density at radius 1 is 1.05 bits per heavy atom. The second-order valence-electron chi connectivity index (χ2n) is 10.2. The van der Waals surface area contributed by atoms with E-state index in [2.05, 4.69) is 27.2 Å². The summed E-state index contributed by atoms with van der Waals surface area (Å²) in [4.78, 5) is 38.6. The SMILES string of the molecule is CC.C[C@@H](Nc1nc(C(=N)OC(N)=O)nc2nc(C(=O)c3ccccc3)n(CC3CCCCC3)c12)C1CCC1. The minimum Gasteiger partial charge on any atom is -0.388 e. The summed E-state index contributed by atoms with van der Waals surface area (Å²) in [5.74, 6) is 0.823. The van der Waals surface area contributed by atoms with Crippen molar-refractivity contribution in [3.8, 4) is 0 Å². The maximum atomic E-state index is 13.7. The second kappa shape index (κ2) is 12.8. The summed E-state index contributed by atoms with van der Waals surface area (Å²) in [6.45, 7) is 6.75. The lowest BCUT2D eigenvalue weighted by atomic mass is 9.80. The number of amides is 1. The smallest absolute Gasteiger partial charge is 0.388 e. The van der Waals surface area contributed by atoms with Gasteiger partial charge in [-0.1, -0.05) is 69.9 Å². The summed E-state index contributed by atoms with van der Waals surface area (Å²) < 4.78 is 6.73. The highest BCUT2D eigenvalue weighted by atomic mass is 16.6. The van der Waals surface area contributed by atoms with Crippen LogP contribution in [0.25, 0.3) is 11.2 Å². The van der Waals surface area contributed by atoms with E-state index in [-0.39, 0.29) is 23.3 Å². The Morgan fingerprint density at radius 2 is 1.74 bits per heavy atom. The van der Waals surface area contributed by atoms with Crippen LogP contribution in [0.4, 0.5) is 10.6 Å². The summed E-state index contributed by atoms with van der Waals surface area (Å²) in [5.41, 5.74) is 6.58. The van der Waals surface area contributed by atoms with Crippen molar-refractivity contribution in [2.75, 3.05) is 5.32 Å². The van der Waals surface area contributed by atoms with E-state index in [4.69, 9.17) is 15.9 Å². The van der Waals surface area contributed by atoms with E-state index >= 15 is 0 Å². The van der Waals surface area contributed by atoms with Crippen LogP contribution in [0.15, 0.2) is 30.3 Å². The fraction of sp³-hybridized carbons (Fsp3) is 0.517. The van der Waals surface area contributed by atoms with Gasteiger partial charge in [0.1, 0.15) is 5.52 Å². The normalized spacial score (nSPS) is 16.5. The largest absolute Gasteiger partial charge is 0.411 e. The number of primary amides is 1. The number of nitrogens with one attached hydrogen (secondary N) is 2. The molecule has 39 heavy (non-hydrogen) atoms. The number of nitrogens with two attached hydrogens (primary N) is 1. The summed E-state index contributed by atoms with van der Waals surface area (Å²) in [7, 11) is 0. The minimum atomic E-state index is -1.12. The van der Waals surface area contributed by atoms with Crippen LogP contribution in [0.2, 0.25) is 0 Å². The number of aromatic nitrogens is 4. The highest BCUT2D eigenvalue weighted by molar-refractivity contribution is 6.09. The topological polar surface area (TPSA) is 149 Å². The molecule has 1 aromatic carbocycles. The first-order valence-corrected chi connectivity index (χ1v) is 14.1. The lowest BCUT2D eigenvalue weighted by Crippen LogP contribution is -2.32. The zero-order chi connectivity index (χ0) is 27.9. The van der Waals surface area contributed by atoms with E-state index in [1.54, 1.807) is 12.1 Å². The summed E-state index contributed by atoms with van der Waals surface area (Å²) >= 11 is 0. The molecule has 2 aromatic heterocycles. The molecule has 1 amide bonds. The third-order valence-electron chi connectivity index (χ3n) is 7.63. The number of hydrogen-bond acceptors (Lipinski definition) is 8. The van der Waals surface area contributed by atoms with E-state index in [9.17, 15) is 9.59 Å². The lowest BCUT2D eigenvalue weighted by molar-refractivity contribution is 0.102. The van der Waals surface area contributed by atoms with Gasteiger partial charge in [-0.2, -0.15) is 0 Å². The van der Waals surface area contributed by atoms with Crippen molar-refractivity contribution < 1.29 is 14.3 Å². The highest BCUT2D eigenvalue weighted by Crippen LogP contribution is 2.34. The molecule has 5 rings (SSSR count). The molecular formula is C29H39N7O3. The van der Waals surface area contributed by atoms with Crippen LogP contribution in [-0.2, 0) is 11.3 Å². The second-order valence-corrected chi connectivity index (χ2v) is 10.2. The summed E-state index contributed by atoms with van der Waals surface area (Å²) in [6.07, 6.45) is 8.12. The van der Waals surface area contributed by atoms with Gasteiger partial charge in [0.15, 0.2) is 17.3 Å². The first-order chi connectivity index (χ1) is 18.9. The molecule has 1 atom stereocenters. The molecule has 2 heterocycles. The van der Waals surface area contributed by atoms with Crippen molar-refractivity contribution in [2.45, 2.75) is 84.7 Å². The van der Waals surface area contributed by atoms with Gasteiger partial charge in [-0.15, -0.1) is 0 Å². The van der Waals surface area contributed by atoms with Gasteiger partial charge in [-0.05, 0) is 44.4 Å². The van der Waals surface area contributed by atoms with Gasteiger partial charge in [-0.25, -0.2) is 19.7 Å². The van der Waals surface area contributed by atoms with Crippen LogP contribution < -0.4 is 11.1 Å². The van der Waals surface area contributed by atoms with Gasteiger partial charge in [0, 0.05) is 18.2 Å². The molecule has 2 aliphatic rings. The number of nitrogens with zero attached hydrogens (tertiary/aromatic N) is 4. The van der Waals surface area contributed by atoms with E-state index in [0.29, 0.717) is 41.1 Å². The van der Waals surface area contributed by atoms with Crippen LogP contribution >= 0.6 is 0 Å². The van der Waals surface area contributed by atoms with E-state index in [0.717, 1.165) is 25.7 Å². The Bertz CT molecular complexity index is 1310. The van der Waals surface area contributed by atoms with Crippen molar-refractivity contribution in [1.82, 2.24) is 19.5 Å². The zero-order valence-corrected chi connectivity index (χ0v) is 23.1. The van der Waals surface area contributed by atoms with Gasteiger partial charge in [0.05, 0.1) is 0 Å². The number of carbonyl (C=O) groups excluding carboxylic acids is 2. The molecule has 0 saturated heterocycles. The number of imidazole rings is 1. The Kier molecular flexibility index (Phi) is 9.27. The van der Waals surface area contributed by atoms with Crippen LogP contribution in [0.5, 0.6) is 0 Å². The maximum Gasteiger partial charge on any atom is 0.411 e. The number of ketones is 1. The summed E-state index contributed by atoms with van der Waals surface area (Å²) in [5, 5.41) is 11.7. The van der Waals surface area contributed by atoms with Gasteiger partial charge >= 0.3 is 6.09 Å². The average Bonchev–Trinajstić information content (AvgIpc) is 3.27. The number of carbonyl (C=O) groups is 2. The molecule has 2 aliphatic carbocycles. The summed E-state index contributed by atoms with van der Waals surface area (Å²) in [6, 6.07) is 9.20. The van der Waals surface area contributed by atoms with Gasteiger partial charge in [0.25, 0.3) is 5.90 Å². The standard InChI is InChI=1S/C27H33N7O3.C2H6/c1-16(18-13-8-14-18)30-23-20-24(32-25(31-23)22(28)37-27(29)36)33-26(21(35)19-11-6-3-7-12-19)34(20)15-17-9-4-2-5-10-17;1-2/h3,6-7,11-12,16-18,28H,2,4-5,8-10,13-15H2,1H3,(H2,29,36)(H,30,31,32);1-2H3/t16-;/m1./s1. The van der Waals surface area contributed by atoms with Gasteiger partial charge < -0.3 is 20.4 Å². The molecule has 0 bridgehead atoms. The number of benzene rings is 1. The maximum absolute atomic E-state index is 13.7. The Hall–Kier alpha value is -3.82. The van der Waals surface area contributed by atoms with Gasteiger partial charge in [-0.3, -0.25) is 10.2 Å². The predicted molar refractivity (Wildman–Crippen MR) is 151 cm³/mol. The first kappa shape index (κ1) is 28.2. The molecule has 10 heteroatoms. The van der Waals surface area contributed by atoms with Crippen LogP contribution in [-0.4, -0.2) is 43.3 Å². The first-order valence-electron chi connectivity index (χ1n) is 14.1. The predicted octanol–water partition coefficient (Wildman–Crippen LogP) is 5.68. The molecule has 10 nitrogen and oxygen atoms in total. The molecule has 208 valence electrons. The zero-order valence-electron chi connectivity index (χ0n) is 23.1. The number of hydrogen-bond donors (Lipinski definition) is 3. The third-order valence-corrected chi connectivity index (χ3v) is 7.63. The monoisotopic (exact) mass is 533 g/mol. The fourth-order valence-corrected chi connectivity index (χ4v) is 5.36. The lowest BCUT2D eigenvalue weighted by Gasteiger charge is -2.32. The number of rotatable bonds is 8. The van der Waals surface area contributed by atoms with Crippen LogP contribution in [0, 0.1) is 17.2 Å². The molecule has 2 saturated carbocycles. The molecule has 3 aromatic rings. The molecule has 0 spiro atoms. The molecule has 0 aliphatic heterocycles. The molecule has 4 N–H and O–H groups in total. The van der Waals surface area contributed by atoms with Crippen molar-refractivity contribution >= 4 is 34.8 Å². The van der Waals surface area contributed by atoms with Crippen molar-refractivity contribution in [2.24, 2.45) is 17.6 Å². The number of ether oxygens (including phenoxy) is 1. The number of fused-ring (bicyclic) bond motifs is 1. The van der Waals surface area contributed by atoms with Crippen molar-refractivity contribution in [3.05, 3.63) is 47.5 Å². The third kappa shape index (κ3) is 6.43. The molecule has 0 unspecified atom stereocenters. The average molecular weight is 534 g/mol. The number of anilines is 1. The van der Waals surface area contributed by atoms with Crippen LogP contribution in [0.1, 0.15) is 94.1 Å². The quantitative estimate of drug-likeness (QED) is 0.191. The van der Waals surface area contributed by atoms with Crippen molar-refractivity contribution in [3.63, 3.8) is 0 Å². The van der Waals surface area contributed by atoms with E-state index < -0.39 is 12.0 Å². The molecule has 0 radical (unpaired) electrons. The minimum absolute atomic E-state index is 0.115.